The van der Waals surface area contributed by atoms with Crippen LogP contribution in [0, 0.1) is 5.92 Å². The van der Waals surface area contributed by atoms with Gasteiger partial charge in [0, 0.05) is 19.9 Å². The SMILES string of the molecule is CC(C)C(N)=O.CNC(C)=O. The van der Waals surface area contributed by atoms with Gasteiger partial charge in [-0.05, 0) is 0 Å². The molecule has 0 heterocycles. The molecule has 11 heavy (non-hydrogen) atoms. The fourth-order valence-electron chi connectivity index (χ4n) is 0. The third-order valence-corrected chi connectivity index (χ3v) is 0.921. The van der Waals surface area contributed by atoms with Gasteiger partial charge in [-0.1, -0.05) is 13.8 Å². The van der Waals surface area contributed by atoms with Crippen molar-refractivity contribution in [2.75, 3.05) is 7.05 Å². The topological polar surface area (TPSA) is 72.2 Å². The molecule has 0 unspecified atom stereocenters. The zero-order valence-corrected chi connectivity index (χ0v) is 7.47. The summed E-state index contributed by atoms with van der Waals surface area (Å²) in [6.07, 6.45) is 0. The van der Waals surface area contributed by atoms with Crippen LogP contribution in [0.15, 0.2) is 0 Å². The summed E-state index contributed by atoms with van der Waals surface area (Å²) in [5, 5.41) is 2.39. The Morgan fingerprint density at radius 1 is 1.36 bits per heavy atom. The second kappa shape index (κ2) is 7.05. The Morgan fingerprint density at radius 3 is 1.55 bits per heavy atom. The molecule has 4 heteroatoms. The first-order chi connectivity index (χ1) is 4.91. The summed E-state index contributed by atoms with van der Waals surface area (Å²) in [6, 6.07) is 0. The second-order valence-corrected chi connectivity index (χ2v) is 2.36. The van der Waals surface area contributed by atoms with E-state index in [1.165, 1.54) is 6.92 Å². The molecule has 3 N–H and O–H groups in total. The van der Waals surface area contributed by atoms with Crippen LogP contribution in [0.3, 0.4) is 0 Å². The molecular formula is C7H16N2O2. The average Bonchev–Trinajstić information content (AvgIpc) is 1.89. The largest absolute Gasteiger partial charge is 0.369 e. The Labute approximate surface area is 67.1 Å². The van der Waals surface area contributed by atoms with Crippen molar-refractivity contribution >= 4 is 11.8 Å². The van der Waals surface area contributed by atoms with Gasteiger partial charge in [0.25, 0.3) is 0 Å². The van der Waals surface area contributed by atoms with Crippen LogP contribution in [0.4, 0.5) is 0 Å². The van der Waals surface area contributed by atoms with Gasteiger partial charge in [0.05, 0.1) is 0 Å². The summed E-state index contributed by atoms with van der Waals surface area (Å²) < 4.78 is 0. The van der Waals surface area contributed by atoms with Gasteiger partial charge in [0.2, 0.25) is 11.8 Å². The molecule has 0 spiro atoms. The number of carbonyl (C=O) groups excluding carboxylic acids is 2. The third kappa shape index (κ3) is 17.6. The molecule has 0 radical (unpaired) electrons. The Hall–Kier alpha value is -1.06. The number of nitrogens with one attached hydrogen (secondary N) is 1. The predicted octanol–water partition coefficient (Wildman–Crippen LogP) is -0.120. The predicted molar refractivity (Wildman–Crippen MR) is 43.8 cm³/mol. The Bertz CT molecular complexity index is 132. The highest BCUT2D eigenvalue weighted by Crippen LogP contribution is 1.84. The van der Waals surface area contributed by atoms with Crippen LogP contribution in [-0.4, -0.2) is 18.9 Å². The zero-order valence-electron chi connectivity index (χ0n) is 7.47. The van der Waals surface area contributed by atoms with Crippen LogP contribution in [-0.2, 0) is 9.59 Å². The molecule has 0 aromatic carbocycles. The van der Waals surface area contributed by atoms with Crippen molar-refractivity contribution in [3.8, 4) is 0 Å². The molecule has 0 aliphatic rings. The molecule has 0 aliphatic heterocycles. The number of hydrogen-bond donors (Lipinski definition) is 2. The molecule has 0 saturated carbocycles. The molecule has 0 saturated heterocycles. The summed E-state index contributed by atoms with van der Waals surface area (Å²) in [5.41, 5.74) is 4.80. The minimum atomic E-state index is -0.241. The van der Waals surface area contributed by atoms with E-state index in [4.69, 9.17) is 5.73 Å². The van der Waals surface area contributed by atoms with Crippen molar-refractivity contribution in [2.45, 2.75) is 20.8 Å². The lowest BCUT2D eigenvalue weighted by Gasteiger charge is -1.90. The maximum atomic E-state index is 9.92. The average molecular weight is 160 g/mol. The third-order valence-electron chi connectivity index (χ3n) is 0.921. The number of carbonyl (C=O) groups is 2. The number of amides is 2. The second-order valence-electron chi connectivity index (χ2n) is 2.36. The summed E-state index contributed by atoms with van der Waals surface area (Å²) in [7, 11) is 1.60. The first-order valence-corrected chi connectivity index (χ1v) is 3.39. The molecule has 66 valence electrons. The Kier molecular flexibility index (Phi) is 8.08. The number of primary amides is 1. The minimum Gasteiger partial charge on any atom is -0.369 e. The molecule has 0 fully saturated rings. The smallest absolute Gasteiger partial charge is 0.219 e. The number of hydrogen-bond acceptors (Lipinski definition) is 2. The molecular weight excluding hydrogens is 144 g/mol. The van der Waals surface area contributed by atoms with Crippen molar-refractivity contribution < 1.29 is 9.59 Å². The Balaban J connectivity index is 0. The van der Waals surface area contributed by atoms with Gasteiger partial charge >= 0.3 is 0 Å². The minimum absolute atomic E-state index is 0.00463. The highest BCUT2D eigenvalue weighted by atomic mass is 16.1. The van der Waals surface area contributed by atoms with Gasteiger partial charge in [0.1, 0.15) is 0 Å². The maximum Gasteiger partial charge on any atom is 0.219 e. The van der Waals surface area contributed by atoms with Crippen LogP contribution in [0.5, 0.6) is 0 Å². The summed E-state index contributed by atoms with van der Waals surface area (Å²) in [6.45, 7) is 5.00. The Morgan fingerprint density at radius 2 is 1.55 bits per heavy atom. The van der Waals surface area contributed by atoms with Crippen molar-refractivity contribution in [2.24, 2.45) is 11.7 Å². The van der Waals surface area contributed by atoms with Crippen LogP contribution < -0.4 is 11.1 Å². The van der Waals surface area contributed by atoms with E-state index < -0.39 is 0 Å². The maximum absolute atomic E-state index is 9.92. The van der Waals surface area contributed by atoms with Crippen molar-refractivity contribution in [3.05, 3.63) is 0 Å². The lowest BCUT2D eigenvalue weighted by Crippen LogP contribution is -2.17. The first kappa shape index (κ1) is 12.6. The molecule has 0 bridgehead atoms. The zero-order chi connectivity index (χ0) is 9.44. The van der Waals surface area contributed by atoms with Crippen LogP contribution in [0.1, 0.15) is 20.8 Å². The van der Waals surface area contributed by atoms with E-state index in [1.54, 1.807) is 20.9 Å². The van der Waals surface area contributed by atoms with Gasteiger partial charge in [0.15, 0.2) is 0 Å². The van der Waals surface area contributed by atoms with Crippen molar-refractivity contribution in [1.82, 2.24) is 5.32 Å². The molecule has 0 rings (SSSR count). The van der Waals surface area contributed by atoms with E-state index in [9.17, 15) is 9.59 Å². The van der Waals surface area contributed by atoms with Crippen molar-refractivity contribution in [3.63, 3.8) is 0 Å². The molecule has 2 amide bonds. The highest BCUT2D eigenvalue weighted by molar-refractivity contribution is 5.75. The lowest BCUT2D eigenvalue weighted by atomic mass is 10.2. The summed E-state index contributed by atoms with van der Waals surface area (Å²) in [4.78, 5) is 19.6. The quantitative estimate of drug-likeness (QED) is 0.561. The first-order valence-electron chi connectivity index (χ1n) is 3.39. The van der Waals surface area contributed by atoms with Crippen molar-refractivity contribution in [1.29, 1.82) is 0 Å². The molecule has 4 nitrogen and oxygen atoms in total. The van der Waals surface area contributed by atoms with Crippen LogP contribution in [0.2, 0.25) is 0 Å². The van der Waals surface area contributed by atoms with E-state index in [-0.39, 0.29) is 17.7 Å². The van der Waals surface area contributed by atoms with Crippen LogP contribution in [0.25, 0.3) is 0 Å². The van der Waals surface area contributed by atoms with Gasteiger partial charge in [-0.3, -0.25) is 9.59 Å². The number of rotatable bonds is 1. The van der Waals surface area contributed by atoms with Gasteiger partial charge in [-0.2, -0.15) is 0 Å². The molecule has 0 aliphatic carbocycles. The van der Waals surface area contributed by atoms with E-state index in [2.05, 4.69) is 5.32 Å². The summed E-state index contributed by atoms with van der Waals surface area (Å²) >= 11 is 0. The molecule has 0 aromatic rings. The lowest BCUT2D eigenvalue weighted by molar-refractivity contribution is -0.121. The van der Waals surface area contributed by atoms with E-state index in [1.807, 2.05) is 0 Å². The highest BCUT2D eigenvalue weighted by Gasteiger charge is 1.96. The van der Waals surface area contributed by atoms with E-state index in [0.717, 1.165) is 0 Å². The fraction of sp³-hybridized carbons (Fsp3) is 0.714. The molecule has 0 atom stereocenters. The van der Waals surface area contributed by atoms with Gasteiger partial charge in [-0.25, -0.2) is 0 Å². The van der Waals surface area contributed by atoms with E-state index >= 15 is 0 Å². The summed E-state index contributed by atoms with van der Waals surface area (Å²) in [5.74, 6) is -0.245. The molecule has 0 aromatic heterocycles. The van der Waals surface area contributed by atoms with Gasteiger partial charge < -0.3 is 11.1 Å². The fourth-order valence-corrected chi connectivity index (χ4v) is 0. The standard InChI is InChI=1S/C4H9NO.C3H7NO/c1-3(2)4(5)6;1-3(5)4-2/h3H,1-2H3,(H2,5,6);1-2H3,(H,4,5). The number of nitrogens with two attached hydrogens (primary N) is 1. The van der Waals surface area contributed by atoms with Crippen LogP contribution >= 0.6 is 0 Å². The monoisotopic (exact) mass is 160 g/mol. The van der Waals surface area contributed by atoms with Gasteiger partial charge in [-0.15, -0.1) is 0 Å². The van der Waals surface area contributed by atoms with E-state index in [0.29, 0.717) is 0 Å². The normalized spacial score (nSPS) is 8.09.